The number of hydrogen-bond acceptors (Lipinski definition) is 7. The van der Waals surface area contributed by atoms with Crippen molar-refractivity contribution in [2.24, 2.45) is 0 Å². The molecule has 3 aromatic rings. The number of halogens is 1. The van der Waals surface area contributed by atoms with Crippen LogP contribution in [0, 0.1) is 0 Å². The summed E-state index contributed by atoms with van der Waals surface area (Å²) in [5, 5.41) is 3.39. The van der Waals surface area contributed by atoms with E-state index in [1.54, 1.807) is 42.5 Å². The quantitative estimate of drug-likeness (QED) is 0.601. The van der Waals surface area contributed by atoms with Gasteiger partial charge in [0.1, 0.15) is 15.9 Å². The largest absolute Gasteiger partial charge is 0.326 e. The lowest BCUT2D eigenvalue weighted by molar-refractivity contribution is -0.116. The number of piperazine rings is 1. The minimum atomic E-state index is -3.64. The number of sulfonamides is 1. The number of rotatable bonds is 6. The molecule has 8 nitrogen and oxygen atoms in total. The van der Waals surface area contributed by atoms with E-state index in [2.05, 4.69) is 19.0 Å². The number of hydrogen-bond donors (Lipinski definition) is 1. The highest BCUT2D eigenvalue weighted by atomic mass is 35.5. The van der Waals surface area contributed by atoms with E-state index in [4.69, 9.17) is 11.6 Å². The summed E-state index contributed by atoms with van der Waals surface area (Å²) in [7, 11) is -3.64. The first-order valence-corrected chi connectivity index (χ1v) is 12.0. The lowest BCUT2D eigenvalue weighted by atomic mass is 10.3. The molecule has 0 aliphatic carbocycles. The molecule has 1 aliphatic rings. The number of carbonyl (C=O) groups excluding carboxylic acids is 1. The van der Waals surface area contributed by atoms with Crippen molar-refractivity contribution < 1.29 is 13.2 Å². The smallest absolute Gasteiger partial charge is 0.245 e. The van der Waals surface area contributed by atoms with Gasteiger partial charge in [0.05, 0.1) is 11.7 Å². The Balaban J connectivity index is 1.31. The van der Waals surface area contributed by atoms with E-state index < -0.39 is 10.0 Å². The first kappa shape index (κ1) is 21.1. The maximum atomic E-state index is 13.1. The lowest BCUT2D eigenvalue weighted by Gasteiger charge is -2.33. The van der Waals surface area contributed by atoms with Crippen molar-refractivity contribution in [2.75, 3.05) is 38.0 Å². The summed E-state index contributed by atoms with van der Waals surface area (Å²) in [5.41, 5.74) is 1.67. The highest BCUT2D eigenvalue weighted by Crippen LogP contribution is 2.25. The SMILES string of the molecule is O=C(CCN1CCN(S(=O)(=O)c2cccc3nsnc23)CC1)Nc1cccc(Cl)c1. The Morgan fingerprint density at radius 1 is 1.10 bits per heavy atom. The van der Waals surface area contributed by atoms with E-state index in [0.29, 0.717) is 60.9 Å². The van der Waals surface area contributed by atoms with E-state index in [1.165, 1.54) is 4.31 Å². The molecule has 1 saturated heterocycles. The molecule has 1 N–H and O–H groups in total. The zero-order valence-corrected chi connectivity index (χ0v) is 18.4. The molecule has 4 rings (SSSR count). The number of aromatic nitrogens is 2. The van der Waals surface area contributed by atoms with Gasteiger partial charge in [-0.3, -0.25) is 4.79 Å². The van der Waals surface area contributed by atoms with Crippen molar-refractivity contribution in [3.63, 3.8) is 0 Å². The van der Waals surface area contributed by atoms with Crippen molar-refractivity contribution >= 4 is 56.0 Å². The average Bonchev–Trinajstić information content (AvgIpc) is 3.21. The molecule has 0 spiro atoms. The van der Waals surface area contributed by atoms with Crippen LogP contribution in [0.3, 0.4) is 0 Å². The first-order valence-electron chi connectivity index (χ1n) is 9.43. The van der Waals surface area contributed by atoms with Gasteiger partial charge in [-0.25, -0.2) is 8.42 Å². The molecule has 1 fully saturated rings. The minimum Gasteiger partial charge on any atom is -0.326 e. The number of benzene rings is 2. The summed E-state index contributed by atoms with van der Waals surface area (Å²) in [6, 6.07) is 12.0. The predicted molar refractivity (Wildman–Crippen MR) is 117 cm³/mol. The maximum Gasteiger partial charge on any atom is 0.245 e. The molecule has 1 amide bonds. The minimum absolute atomic E-state index is 0.102. The standard InChI is InChI=1S/C19H20ClN5O3S2/c20-14-3-1-4-15(13-14)21-18(26)7-8-24-9-11-25(12-10-24)30(27,28)17-6-2-5-16-19(17)23-29-22-16/h1-6,13H,7-12H2,(H,21,26). The van der Waals surface area contributed by atoms with Crippen LogP contribution >= 0.6 is 23.3 Å². The molecule has 0 radical (unpaired) electrons. The van der Waals surface area contributed by atoms with Crippen LogP contribution < -0.4 is 5.32 Å². The second-order valence-corrected chi connectivity index (χ2v) is 9.81. The topological polar surface area (TPSA) is 95.5 Å². The summed E-state index contributed by atoms with van der Waals surface area (Å²) in [4.78, 5) is 14.5. The molecule has 1 aliphatic heterocycles. The van der Waals surface area contributed by atoms with Crippen LogP contribution in [-0.4, -0.2) is 65.0 Å². The average molecular weight is 466 g/mol. The molecule has 0 saturated carbocycles. The van der Waals surface area contributed by atoms with Gasteiger partial charge in [-0.05, 0) is 30.3 Å². The second-order valence-electron chi connectivity index (χ2n) is 6.94. The first-order chi connectivity index (χ1) is 14.4. The number of carbonyl (C=O) groups is 1. The van der Waals surface area contributed by atoms with E-state index >= 15 is 0 Å². The third kappa shape index (κ3) is 4.62. The van der Waals surface area contributed by atoms with Crippen molar-refractivity contribution in [1.82, 2.24) is 18.0 Å². The molecular formula is C19H20ClN5O3S2. The fraction of sp³-hybridized carbons (Fsp3) is 0.316. The van der Waals surface area contributed by atoms with Crippen LogP contribution in [0.5, 0.6) is 0 Å². The van der Waals surface area contributed by atoms with Crippen molar-refractivity contribution in [1.29, 1.82) is 0 Å². The Bertz CT molecular complexity index is 1160. The second kappa shape index (κ2) is 8.94. The fourth-order valence-corrected chi connectivity index (χ4v) is 5.74. The number of amides is 1. The van der Waals surface area contributed by atoms with Gasteiger partial charge in [0.25, 0.3) is 0 Å². The van der Waals surface area contributed by atoms with Gasteiger partial charge in [0, 0.05) is 49.9 Å². The summed E-state index contributed by atoms with van der Waals surface area (Å²) in [6.45, 7) is 2.42. The van der Waals surface area contributed by atoms with E-state index in [0.717, 1.165) is 11.7 Å². The Kier molecular flexibility index (Phi) is 6.30. The van der Waals surface area contributed by atoms with Crippen LogP contribution in [0.15, 0.2) is 47.4 Å². The van der Waals surface area contributed by atoms with E-state index in [-0.39, 0.29) is 10.8 Å². The molecule has 1 aromatic heterocycles. The molecule has 30 heavy (non-hydrogen) atoms. The lowest BCUT2D eigenvalue weighted by Crippen LogP contribution is -2.49. The van der Waals surface area contributed by atoms with Gasteiger partial charge in [-0.2, -0.15) is 13.1 Å². The van der Waals surface area contributed by atoms with E-state index in [9.17, 15) is 13.2 Å². The highest BCUT2D eigenvalue weighted by molar-refractivity contribution is 7.89. The van der Waals surface area contributed by atoms with Gasteiger partial charge in [-0.15, -0.1) is 0 Å². The highest BCUT2D eigenvalue weighted by Gasteiger charge is 2.30. The molecule has 158 valence electrons. The van der Waals surface area contributed by atoms with E-state index in [1.807, 2.05) is 0 Å². The zero-order valence-electron chi connectivity index (χ0n) is 16.0. The Labute approximate surface area is 183 Å². The maximum absolute atomic E-state index is 13.1. The fourth-order valence-electron chi connectivity index (χ4n) is 3.37. The summed E-state index contributed by atoms with van der Waals surface area (Å²) < 4.78 is 35.9. The molecule has 0 atom stereocenters. The van der Waals surface area contributed by atoms with Crippen LogP contribution in [-0.2, 0) is 14.8 Å². The van der Waals surface area contributed by atoms with Crippen molar-refractivity contribution in [2.45, 2.75) is 11.3 Å². The molecule has 11 heteroatoms. The molecule has 0 unspecified atom stereocenters. The van der Waals surface area contributed by atoms with Gasteiger partial charge in [0.2, 0.25) is 15.9 Å². The summed E-state index contributed by atoms with van der Waals surface area (Å²) in [5.74, 6) is -0.102. The van der Waals surface area contributed by atoms with Crippen LogP contribution in [0.1, 0.15) is 6.42 Å². The van der Waals surface area contributed by atoms with Gasteiger partial charge in [-0.1, -0.05) is 23.7 Å². The third-order valence-corrected chi connectivity index (χ3v) is 7.67. The normalized spacial score (nSPS) is 16.0. The van der Waals surface area contributed by atoms with Gasteiger partial charge in [0.15, 0.2) is 0 Å². The van der Waals surface area contributed by atoms with Crippen LogP contribution in [0.2, 0.25) is 5.02 Å². The zero-order chi connectivity index (χ0) is 21.1. The van der Waals surface area contributed by atoms with Crippen molar-refractivity contribution in [3.05, 3.63) is 47.5 Å². The Hall–Kier alpha value is -2.11. The predicted octanol–water partition coefficient (Wildman–Crippen LogP) is 2.68. The summed E-state index contributed by atoms with van der Waals surface area (Å²) in [6.07, 6.45) is 0.322. The van der Waals surface area contributed by atoms with Crippen molar-refractivity contribution in [3.8, 4) is 0 Å². The number of anilines is 1. The summed E-state index contributed by atoms with van der Waals surface area (Å²) >= 11 is 6.93. The molecular weight excluding hydrogens is 446 g/mol. The molecule has 2 heterocycles. The van der Waals surface area contributed by atoms with Gasteiger partial charge < -0.3 is 10.2 Å². The van der Waals surface area contributed by atoms with Gasteiger partial charge >= 0.3 is 0 Å². The Morgan fingerprint density at radius 2 is 1.87 bits per heavy atom. The Morgan fingerprint density at radius 3 is 2.63 bits per heavy atom. The number of fused-ring (bicyclic) bond motifs is 1. The molecule has 0 bridgehead atoms. The number of nitrogens with one attached hydrogen (secondary N) is 1. The number of nitrogens with zero attached hydrogens (tertiary/aromatic N) is 4. The van der Waals surface area contributed by atoms with Crippen LogP contribution in [0.25, 0.3) is 11.0 Å². The monoisotopic (exact) mass is 465 g/mol. The third-order valence-electron chi connectivity index (χ3n) is 4.96. The van der Waals surface area contributed by atoms with Crippen LogP contribution in [0.4, 0.5) is 5.69 Å². The molecule has 2 aromatic carbocycles.